The van der Waals surface area contributed by atoms with E-state index in [1.165, 1.54) is 0 Å². The number of nitrogens with zero attached hydrogens (tertiary/aromatic N) is 1. The molecule has 0 saturated heterocycles. The number of aromatic carboxylic acids is 1. The average Bonchev–Trinajstić information content (AvgIpc) is 2.43. The zero-order valence-electron chi connectivity index (χ0n) is 7.50. The van der Waals surface area contributed by atoms with Crippen molar-refractivity contribution in [3.05, 3.63) is 10.4 Å². The zero-order chi connectivity index (χ0) is 10.7. The van der Waals surface area contributed by atoms with Gasteiger partial charge in [-0.25, -0.2) is 4.79 Å². The van der Waals surface area contributed by atoms with E-state index in [9.17, 15) is 4.79 Å². The number of nitrogens with one attached hydrogen (secondary N) is 1. The van der Waals surface area contributed by atoms with Crippen LogP contribution in [0.1, 0.15) is 22.2 Å². The third-order valence-electron chi connectivity index (χ3n) is 1.59. The summed E-state index contributed by atoms with van der Waals surface area (Å²) in [4.78, 5) is 10.7. The number of nitriles is 1. The van der Waals surface area contributed by atoms with Gasteiger partial charge < -0.3 is 16.2 Å². The van der Waals surface area contributed by atoms with Crippen LogP contribution < -0.4 is 11.1 Å². The van der Waals surface area contributed by atoms with E-state index in [4.69, 9.17) is 16.1 Å². The topological polar surface area (TPSA) is 99.1 Å². The van der Waals surface area contributed by atoms with Crippen LogP contribution in [0.2, 0.25) is 0 Å². The summed E-state index contributed by atoms with van der Waals surface area (Å²) in [5, 5.41) is 20.9. The average molecular weight is 211 g/mol. The molecular weight excluding hydrogens is 202 g/mol. The maximum Gasteiger partial charge on any atom is 0.348 e. The highest BCUT2D eigenvalue weighted by Crippen LogP contribution is 2.34. The van der Waals surface area contributed by atoms with Crippen molar-refractivity contribution in [3.8, 4) is 6.07 Å². The lowest BCUT2D eigenvalue weighted by molar-refractivity contribution is 0.0703. The Hall–Kier alpha value is -1.74. The van der Waals surface area contributed by atoms with E-state index in [0.29, 0.717) is 11.5 Å². The van der Waals surface area contributed by atoms with Crippen molar-refractivity contribution in [2.75, 3.05) is 17.6 Å². The first-order chi connectivity index (χ1) is 6.61. The fourth-order valence-corrected chi connectivity index (χ4v) is 1.98. The molecule has 0 aromatic carbocycles. The van der Waals surface area contributed by atoms with Gasteiger partial charge in [0.05, 0.1) is 5.69 Å². The zero-order valence-corrected chi connectivity index (χ0v) is 8.31. The van der Waals surface area contributed by atoms with Crippen molar-refractivity contribution in [3.63, 3.8) is 0 Å². The minimum absolute atomic E-state index is 0.0116. The van der Waals surface area contributed by atoms with Gasteiger partial charge in [0.2, 0.25) is 0 Å². The molecule has 6 heteroatoms. The van der Waals surface area contributed by atoms with Crippen molar-refractivity contribution in [2.24, 2.45) is 0 Å². The number of anilines is 2. The summed E-state index contributed by atoms with van der Waals surface area (Å²) in [6, 6.07) is 1.88. The number of thiophene rings is 1. The van der Waals surface area contributed by atoms with Gasteiger partial charge in [0.15, 0.2) is 0 Å². The summed E-state index contributed by atoms with van der Waals surface area (Å²) in [7, 11) is 0. The number of carbonyl (C=O) groups is 1. The molecule has 1 heterocycles. The highest BCUT2D eigenvalue weighted by atomic mass is 32.1. The molecule has 0 aliphatic heterocycles. The van der Waals surface area contributed by atoms with Crippen LogP contribution in [0.15, 0.2) is 0 Å². The number of carboxylic acids is 1. The molecule has 0 spiro atoms. The van der Waals surface area contributed by atoms with Crippen molar-refractivity contribution in [1.82, 2.24) is 0 Å². The molecule has 0 amide bonds. The van der Waals surface area contributed by atoms with Crippen molar-refractivity contribution in [2.45, 2.75) is 6.92 Å². The Bertz CT molecular complexity index is 405. The van der Waals surface area contributed by atoms with E-state index in [1.54, 1.807) is 0 Å². The predicted octanol–water partition coefficient (Wildman–Crippen LogP) is 1.33. The third-order valence-corrected chi connectivity index (χ3v) is 2.74. The molecule has 4 N–H and O–H groups in total. The Morgan fingerprint density at radius 3 is 2.86 bits per heavy atom. The highest BCUT2D eigenvalue weighted by Gasteiger charge is 2.19. The maximum absolute atomic E-state index is 10.7. The molecular formula is C8H9N3O2S. The molecule has 74 valence electrons. The van der Waals surface area contributed by atoms with Gasteiger partial charge in [-0.15, -0.1) is 11.3 Å². The second-order valence-electron chi connectivity index (χ2n) is 2.50. The molecule has 0 aliphatic rings. The quantitative estimate of drug-likeness (QED) is 0.700. The van der Waals surface area contributed by atoms with Gasteiger partial charge in [-0.2, -0.15) is 5.26 Å². The Morgan fingerprint density at radius 1 is 1.79 bits per heavy atom. The first kappa shape index (κ1) is 10.3. The molecule has 0 bridgehead atoms. The molecule has 1 rings (SSSR count). The Labute approximate surface area is 84.8 Å². The summed E-state index contributed by atoms with van der Waals surface area (Å²) < 4.78 is 0. The van der Waals surface area contributed by atoms with E-state index < -0.39 is 5.97 Å². The lowest BCUT2D eigenvalue weighted by atomic mass is 10.2. The monoisotopic (exact) mass is 211 g/mol. The Balaban J connectivity index is 3.26. The smallest absolute Gasteiger partial charge is 0.348 e. The minimum Gasteiger partial charge on any atom is -0.477 e. The lowest BCUT2D eigenvalue weighted by Gasteiger charge is -1.97. The van der Waals surface area contributed by atoms with Crippen LogP contribution in [0, 0.1) is 11.3 Å². The van der Waals surface area contributed by atoms with Gasteiger partial charge in [0, 0.05) is 6.54 Å². The van der Waals surface area contributed by atoms with Crippen molar-refractivity contribution >= 4 is 28.0 Å². The van der Waals surface area contributed by atoms with Gasteiger partial charge in [-0.3, -0.25) is 0 Å². The van der Waals surface area contributed by atoms with Gasteiger partial charge in [0.1, 0.15) is 21.5 Å². The summed E-state index contributed by atoms with van der Waals surface area (Å²) in [5.74, 6) is -1.10. The maximum atomic E-state index is 10.7. The SMILES string of the molecule is CCNc1sc(C(=O)O)c(N)c1C#N. The fourth-order valence-electron chi connectivity index (χ4n) is 0.999. The first-order valence-corrected chi connectivity index (χ1v) is 4.73. The summed E-state index contributed by atoms with van der Waals surface area (Å²) in [6.45, 7) is 2.48. The van der Waals surface area contributed by atoms with E-state index in [1.807, 2.05) is 13.0 Å². The third kappa shape index (κ3) is 1.63. The second kappa shape index (κ2) is 3.98. The number of carboxylic acid groups (broad SMARTS) is 1. The molecule has 0 unspecified atom stereocenters. The molecule has 0 aliphatic carbocycles. The molecule has 5 nitrogen and oxygen atoms in total. The van der Waals surface area contributed by atoms with Gasteiger partial charge in [0.25, 0.3) is 0 Å². The summed E-state index contributed by atoms with van der Waals surface area (Å²) in [6.07, 6.45) is 0. The number of hydrogen-bond donors (Lipinski definition) is 3. The van der Waals surface area contributed by atoms with E-state index in [0.717, 1.165) is 11.3 Å². The van der Waals surface area contributed by atoms with E-state index in [2.05, 4.69) is 5.32 Å². The number of nitrogen functional groups attached to an aromatic ring is 1. The van der Waals surface area contributed by atoms with Gasteiger partial charge >= 0.3 is 5.97 Å². The minimum atomic E-state index is -1.10. The molecule has 14 heavy (non-hydrogen) atoms. The van der Waals surface area contributed by atoms with Crippen LogP contribution in [0.3, 0.4) is 0 Å². The lowest BCUT2D eigenvalue weighted by Crippen LogP contribution is -1.99. The molecule has 1 aromatic rings. The fraction of sp³-hybridized carbons (Fsp3) is 0.250. The largest absolute Gasteiger partial charge is 0.477 e. The van der Waals surface area contributed by atoms with Crippen molar-refractivity contribution < 1.29 is 9.90 Å². The Morgan fingerprint density at radius 2 is 2.43 bits per heavy atom. The second-order valence-corrected chi connectivity index (χ2v) is 3.52. The number of rotatable bonds is 3. The number of nitrogens with two attached hydrogens (primary N) is 1. The van der Waals surface area contributed by atoms with Crippen molar-refractivity contribution in [1.29, 1.82) is 5.26 Å². The number of hydrogen-bond acceptors (Lipinski definition) is 5. The molecule has 0 fully saturated rings. The predicted molar refractivity (Wildman–Crippen MR) is 54.6 cm³/mol. The molecule has 0 atom stereocenters. The van der Waals surface area contributed by atoms with Gasteiger partial charge in [-0.1, -0.05) is 0 Å². The van der Waals surface area contributed by atoms with E-state index in [-0.39, 0.29) is 16.1 Å². The normalized spacial score (nSPS) is 9.43. The van der Waals surface area contributed by atoms with Crippen LogP contribution in [0.25, 0.3) is 0 Å². The standard InChI is InChI=1S/C8H9N3O2S/c1-2-11-7-4(3-9)5(10)6(14-7)8(12)13/h11H,2,10H2,1H3,(H,12,13). The summed E-state index contributed by atoms with van der Waals surface area (Å²) >= 11 is 0.985. The van der Waals surface area contributed by atoms with Crippen LogP contribution in [-0.4, -0.2) is 17.6 Å². The van der Waals surface area contributed by atoms with Crippen LogP contribution in [0.4, 0.5) is 10.7 Å². The first-order valence-electron chi connectivity index (χ1n) is 3.91. The van der Waals surface area contributed by atoms with E-state index >= 15 is 0 Å². The molecule has 0 saturated carbocycles. The van der Waals surface area contributed by atoms with Crippen LogP contribution in [-0.2, 0) is 0 Å². The van der Waals surface area contributed by atoms with Crippen LogP contribution in [0.5, 0.6) is 0 Å². The molecule has 1 aromatic heterocycles. The van der Waals surface area contributed by atoms with Crippen LogP contribution >= 0.6 is 11.3 Å². The highest BCUT2D eigenvalue weighted by molar-refractivity contribution is 7.18. The summed E-state index contributed by atoms with van der Waals surface area (Å²) in [5.41, 5.74) is 5.77. The Kier molecular flexibility index (Phi) is 2.94. The molecule has 0 radical (unpaired) electrons. The van der Waals surface area contributed by atoms with Gasteiger partial charge in [-0.05, 0) is 6.92 Å².